The van der Waals surface area contributed by atoms with Crippen LogP contribution >= 0.6 is 0 Å². The van der Waals surface area contributed by atoms with Crippen molar-refractivity contribution < 1.29 is 27.5 Å². The van der Waals surface area contributed by atoms with Crippen LogP contribution in [0.2, 0.25) is 0 Å². The fourth-order valence-corrected chi connectivity index (χ4v) is 5.76. The van der Waals surface area contributed by atoms with Gasteiger partial charge in [0.25, 0.3) is 5.91 Å². The SMILES string of the molecule is CC1(C)CCc2c(C(F)(F)F)nn(-c3ccc(C(N)=O)c(NC4CCC(OC/C=N\Oc5ccccc5)CC4)c3)c2C1. The van der Waals surface area contributed by atoms with Crippen molar-refractivity contribution >= 4 is 17.8 Å². The van der Waals surface area contributed by atoms with E-state index in [1.165, 1.54) is 4.68 Å². The zero-order chi connectivity index (χ0) is 29.9. The van der Waals surface area contributed by atoms with Crippen LogP contribution in [0.15, 0.2) is 53.7 Å². The number of amides is 1. The number of fused-ring (bicyclic) bond motifs is 1. The molecule has 0 radical (unpaired) electrons. The van der Waals surface area contributed by atoms with Gasteiger partial charge in [0.05, 0.1) is 30.2 Å². The summed E-state index contributed by atoms with van der Waals surface area (Å²) in [5, 5.41) is 11.4. The maximum atomic E-state index is 13.9. The van der Waals surface area contributed by atoms with Crippen LogP contribution in [0.1, 0.15) is 73.3 Å². The molecule has 8 nitrogen and oxygen atoms in total. The largest absolute Gasteiger partial charge is 0.435 e. The highest BCUT2D eigenvalue weighted by molar-refractivity contribution is 5.99. The first-order valence-corrected chi connectivity index (χ1v) is 14.2. The van der Waals surface area contributed by atoms with Gasteiger partial charge in [-0.15, -0.1) is 0 Å². The highest BCUT2D eigenvalue weighted by Gasteiger charge is 2.42. The number of ether oxygens (including phenoxy) is 1. The fourth-order valence-electron chi connectivity index (χ4n) is 5.76. The van der Waals surface area contributed by atoms with Crippen molar-refractivity contribution in [2.45, 2.75) is 77.1 Å². The summed E-state index contributed by atoms with van der Waals surface area (Å²) in [5.74, 6) is 0.0366. The lowest BCUT2D eigenvalue weighted by atomic mass is 9.76. The van der Waals surface area contributed by atoms with E-state index in [-0.39, 0.29) is 28.7 Å². The maximum absolute atomic E-state index is 13.9. The van der Waals surface area contributed by atoms with Crippen LogP contribution in [-0.4, -0.2) is 40.7 Å². The molecule has 0 spiro atoms. The molecule has 0 bridgehead atoms. The number of carbonyl (C=O) groups excluding carboxylic acids is 1. The second kappa shape index (κ2) is 12.2. The molecule has 2 aliphatic rings. The van der Waals surface area contributed by atoms with Gasteiger partial charge >= 0.3 is 6.18 Å². The topological polar surface area (TPSA) is 104 Å². The third-order valence-corrected chi connectivity index (χ3v) is 7.99. The quantitative estimate of drug-likeness (QED) is 0.227. The molecule has 0 atom stereocenters. The van der Waals surface area contributed by atoms with Gasteiger partial charge in [-0.05, 0) is 80.7 Å². The first kappa shape index (κ1) is 29.6. The molecule has 0 aliphatic heterocycles. The van der Waals surface area contributed by atoms with Crippen molar-refractivity contribution in [2.75, 3.05) is 11.9 Å². The third-order valence-electron chi connectivity index (χ3n) is 7.99. The van der Waals surface area contributed by atoms with Gasteiger partial charge < -0.3 is 20.6 Å². The van der Waals surface area contributed by atoms with Crippen LogP contribution in [-0.2, 0) is 23.8 Å². The lowest BCUT2D eigenvalue weighted by molar-refractivity contribution is -0.142. The van der Waals surface area contributed by atoms with Gasteiger partial charge in [0.2, 0.25) is 0 Å². The normalized spacial score (nSPS) is 20.3. The average Bonchev–Trinajstić information content (AvgIpc) is 3.32. The minimum atomic E-state index is -4.55. The summed E-state index contributed by atoms with van der Waals surface area (Å²) in [6.45, 7) is 4.43. The zero-order valence-electron chi connectivity index (χ0n) is 23.8. The Morgan fingerprint density at radius 1 is 1.17 bits per heavy atom. The van der Waals surface area contributed by atoms with Gasteiger partial charge in [-0.25, -0.2) is 4.68 Å². The molecular weight excluding hydrogens is 547 g/mol. The summed E-state index contributed by atoms with van der Waals surface area (Å²) in [6.07, 6.45) is 1.71. The molecule has 11 heteroatoms. The predicted octanol–water partition coefficient (Wildman–Crippen LogP) is 6.31. The highest BCUT2D eigenvalue weighted by Crippen LogP contribution is 2.42. The summed E-state index contributed by atoms with van der Waals surface area (Å²) >= 11 is 0. The summed E-state index contributed by atoms with van der Waals surface area (Å²) in [5.41, 5.74) is 6.72. The number of aromatic nitrogens is 2. The number of rotatable bonds is 9. The Morgan fingerprint density at radius 3 is 2.60 bits per heavy atom. The molecular formula is C31H36F3N5O3. The van der Waals surface area contributed by atoms with Crippen LogP contribution in [0.3, 0.4) is 0 Å². The third kappa shape index (κ3) is 6.95. The predicted molar refractivity (Wildman–Crippen MR) is 154 cm³/mol. The van der Waals surface area contributed by atoms with Crippen LogP contribution in [0.25, 0.3) is 5.69 Å². The number of oxime groups is 1. The zero-order valence-corrected chi connectivity index (χ0v) is 23.8. The Labute approximate surface area is 243 Å². The molecule has 0 unspecified atom stereocenters. The standard InChI is InChI=1S/C31H36F3N5O3/c1-30(2)15-14-25-27(19-30)39(38-28(25)31(32,33)34)21-10-13-24(29(35)40)26(18-21)37-20-8-11-22(12-9-20)41-17-16-36-42-23-6-4-3-5-7-23/h3-7,10,13,16,18,20,22,37H,8-9,11-12,14-15,17,19H2,1-2H3,(H2,35,40)/b36-16-. The first-order chi connectivity index (χ1) is 20.0. The van der Waals surface area contributed by atoms with Crippen molar-refractivity contribution in [1.82, 2.24) is 9.78 Å². The van der Waals surface area contributed by atoms with Crippen molar-refractivity contribution in [3.05, 3.63) is 71.0 Å². The number of para-hydroxylation sites is 1. The number of carbonyl (C=O) groups is 1. The number of nitrogens with two attached hydrogens (primary N) is 1. The van der Waals surface area contributed by atoms with Crippen LogP contribution in [0, 0.1) is 5.41 Å². The Morgan fingerprint density at radius 2 is 1.90 bits per heavy atom. The number of nitrogens with zero attached hydrogens (tertiary/aromatic N) is 3. The molecule has 1 heterocycles. The number of hydrogen-bond donors (Lipinski definition) is 2. The minimum Gasteiger partial charge on any atom is -0.382 e. The number of benzene rings is 2. The molecule has 3 N–H and O–H groups in total. The number of halogens is 3. The monoisotopic (exact) mass is 583 g/mol. The fraction of sp³-hybridized carbons (Fsp3) is 0.452. The first-order valence-electron chi connectivity index (χ1n) is 14.2. The van der Waals surface area contributed by atoms with Gasteiger partial charge in [0.1, 0.15) is 0 Å². The second-order valence-electron chi connectivity index (χ2n) is 11.8. The highest BCUT2D eigenvalue weighted by atomic mass is 19.4. The molecule has 1 amide bonds. The van der Waals surface area contributed by atoms with Crippen molar-refractivity contribution in [2.24, 2.45) is 16.3 Å². The molecule has 3 aromatic rings. The van der Waals surface area contributed by atoms with E-state index in [9.17, 15) is 18.0 Å². The summed E-state index contributed by atoms with van der Waals surface area (Å²) in [7, 11) is 0. The summed E-state index contributed by atoms with van der Waals surface area (Å²) < 4.78 is 49.0. The Kier molecular flexibility index (Phi) is 8.58. The van der Waals surface area contributed by atoms with Gasteiger partial charge in [0, 0.05) is 23.0 Å². The van der Waals surface area contributed by atoms with Crippen molar-refractivity contribution in [1.29, 1.82) is 0 Å². The number of alkyl halides is 3. The lowest BCUT2D eigenvalue weighted by Crippen LogP contribution is -2.31. The smallest absolute Gasteiger partial charge is 0.382 e. The number of primary amides is 1. The molecule has 224 valence electrons. The van der Waals surface area contributed by atoms with Gasteiger partial charge in [-0.1, -0.05) is 37.2 Å². The van der Waals surface area contributed by atoms with Crippen molar-refractivity contribution in [3.63, 3.8) is 0 Å². The molecule has 1 fully saturated rings. The summed E-state index contributed by atoms with van der Waals surface area (Å²) in [4.78, 5) is 17.5. The van der Waals surface area contributed by atoms with Crippen LogP contribution in [0.5, 0.6) is 5.75 Å². The molecule has 1 aromatic heterocycles. The second-order valence-corrected chi connectivity index (χ2v) is 11.8. The molecule has 42 heavy (non-hydrogen) atoms. The Bertz CT molecular complexity index is 1430. The van der Waals surface area contributed by atoms with Gasteiger partial charge in [-0.3, -0.25) is 4.79 Å². The van der Waals surface area contributed by atoms with E-state index in [2.05, 4.69) is 29.4 Å². The van der Waals surface area contributed by atoms with E-state index in [1.54, 1.807) is 24.4 Å². The molecule has 0 saturated heterocycles. The average molecular weight is 584 g/mol. The van der Waals surface area contributed by atoms with Gasteiger partial charge in [-0.2, -0.15) is 18.3 Å². The molecule has 2 aliphatic carbocycles. The van der Waals surface area contributed by atoms with Crippen LogP contribution < -0.4 is 15.9 Å². The van der Waals surface area contributed by atoms with Crippen molar-refractivity contribution in [3.8, 4) is 11.4 Å². The maximum Gasteiger partial charge on any atom is 0.435 e. The molecule has 2 aromatic carbocycles. The number of hydrogen-bond acceptors (Lipinski definition) is 6. The Balaban J connectivity index is 1.26. The molecule has 5 rings (SSSR count). The van der Waals surface area contributed by atoms with E-state index in [1.807, 2.05) is 30.3 Å². The van der Waals surface area contributed by atoms with E-state index in [0.29, 0.717) is 48.7 Å². The summed E-state index contributed by atoms with van der Waals surface area (Å²) in [6, 6.07) is 14.1. The molecule has 1 saturated carbocycles. The number of anilines is 1. The van der Waals surface area contributed by atoms with E-state index in [0.717, 1.165) is 25.7 Å². The minimum absolute atomic E-state index is 0.0458. The van der Waals surface area contributed by atoms with E-state index < -0.39 is 17.8 Å². The lowest BCUT2D eigenvalue weighted by Gasteiger charge is -2.31. The van der Waals surface area contributed by atoms with Crippen LogP contribution in [0.4, 0.5) is 18.9 Å². The van der Waals surface area contributed by atoms with E-state index >= 15 is 0 Å². The van der Waals surface area contributed by atoms with Gasteiger partial charge in [0.15, 0.2) is 11.4 Å². The number of nitrogens with one attached hydrogen (secondary N) is 1. The Hall–Kier alpha value is -3.86. The van der Waals surface area contributed by atoms with E-state index in [4.69, 9.17) is 15.3 Å².